The van der Waals surface area contributed by atoms with Gasteiger partial charge in [-0.15, -0.1) is 0 Å². The largest absolute Gasteiger partial charge is 0.365 e. The molecular weight excluding hydrogens is 148 g/mol. The number of hydrogen-bond donors (Lipinski definition) is 2. The van der Waals surface area contributed by atoms with Crippen molar-refractivity contribution in [1.82, 2.24) is 10.3 Å². The first-order chi connectivity index (χ1) is 5.81. The lowest BCUT2D eigenvalue weighted by atomic mass is 9.96. The van der Waals surface area contributed by atoms with Crippen molar-refractivity contribution in [3.05, 3.63) is 23.5 Å². The first-order valence-corrected chi connectivity index (χ1v) is 4.73. The Morgan fingerprint density at radius 1 is 1.58 bits per heavy atom. The molecule has 1 aromatic rings. The van der Waals surface area contributed by atoms with Crippen LogP contribution in [0.25, 0.3) is 0 Å². The van der Waals surface area contributed by atoms with E-state index in [1.807, 2.05) is 6.20 Å². The Morgan fingerprint density at radius 2 is 2.42 bits per heavy atom. The molecule has 0 aromatic carbocycles. The monoisotopic (exact) mass is 164 g/mol. The Bertz CT molecular complexity index is 265. The summed E-state index contributed by atoms with van der Waals surface area (Å²) in [6.07, 6.45) is 4.41. The number of aromatic amines is 1. The van der Waals surface area contributed by atoms with Crippen LogP contribution in [-0.2, 0) is 6.42 Å². The highest BCUT2D eigenvalue weighted by Crippen LogP contribution is 2.24. The molecule has 0 saturated carbocycles. The zero-order valence-electron chi connectivity index (χ0n) is 7.72. The highest BCUT2D eigenvalue weighted by Gasteiger charge is 2.22. The predicted molar refractivity (Wildman–Crippen MR) is 50.1 cm³/mol. The Kier molecular flexibility index (Phi) is 1.93. The number of fused-ring (bicyclic) bond motifs is 1. The van der Waals surface area contributed by atoms with Crippen molar-refractivity contribution in [2.75, 3.05) is 0 Å². The molecule has 66 valence electrons. The molecule has 0 fully saturated rings. The lowest BCUT2D eigenvalue weighted by Crippen LogP contribution is -2.37. The maximum atomic E-state index is 3.59. The maximum Gasteiger partial charge on any atom is 0.0312 e. The average molecular weight is 164 g/mol. The van der Waals surface area contributed by atoms with Crippen LogP contribution < -0.4 is 5.32 Å². The molecule has 2 unspecified atom stereocenters. The smallest absolute Gasteiger partial charge is 0.0312 e. The molecule has 0 radical (unpaired) electrons. The van der Waals surface area contributed by atoms with Gasteiger partial charge in [0.25, 0.3) is 0 Å². The van der Waals surface area contributed by atoms with Gasteiger partial charge in [-0.2, -0.15) is 0 Å². The van der Waals surface area contributed by atoms with Gasteiger partial charge in [0, 0.05) is 30.4 Å². The van der Waals surface area contributed by atoms with Crippen molar-refractivity contribution in [2.45, 2.75) is 38.8 Å². The van der Waals surface area contributed by atoms with E-state index < -0.39 is 0 Å². The molecule has 1 aliphatic rings. The molecule has 0 bridgehead atoms. The second kappa shape index (κ2) is 2.94. The summed E-state index contributed by atoms with van der Waals surface area (Å²) < 4.78 is 0. The molecule has 2 nitrogen and oxygen atoms in total. The van der Waals surface area contributed by atoms with Crippen LogP contribution in [0.4, 0.5) is 0 Å². The van der Waals surface area contributed by atoms with Crippen molar-refractivity contribution >= 4 is 0 Å². The van der Waals surface area contributed by atoms with Crippen LogP contribution in [0.5, 0.6) is 0 Å². The summed E-state index contributed by atoms with van der Waals surface area (Å²) in [4.78, 5) is 3.31. The lowest BCUT2D eigenvalue weighted by Gasteiger charge is -2.28. The second-order valence-electron chi connectivity index (χ2n) is 3.61. The molecule has 12 heavy (non-hydrogen) atoms. The van der Waals surface area contributed by atoms with Crippen LogP contribution in [-0.4, -0.2) is 11.0 Å². The van der Waals surface area contributed by atoms with E-state index in [9.17, 15) is 0 Å². The molecule has 2 N–H and O–H groups in total. The normalized spacial score (nSPS) is 28.5. The minimum Gasteiger partial charge on any atom is -0.365 e. The third-order valence-corrected chi connectivity index (χ3v) is 2.76. The highest BCUT2D eigenvalue weighted by atomic mass is 15.0. The van der Waals surface area contributed by atoms with Crippen molar-refractivity contribution in [2.24, 2.45) is 0 Å². The van der Waals surface area contributed by atoms with Gasteiger partial charge < -0.3 is 10.3 Å². The van der Waals surface area contributed by atoms with Gasteiger partial charge in [0.15, 0.2) is 0 Å². The Hall–Kier alpha value is -0.760. The van der Waals surface area contributed by atoms with E-state index in [1.165, 1.54) is 17.7 Å². The number of nitrogens with one attached hydrogen (secondary N) is 2. The van der Waals surface area contributed by atoms with Gasteiger partial charge in [-0.05, 0) is 25.0 Å². The van der Waals surface area contributed by atoms with Crippen molar-refractivity contribution in [3.8, 4) is 0 Å². The van der Waals surface area contributed by atoms with Crippen molar-refractivity contribution in [3.63, 3.8) is 0 Å². The Balaban J connectivity index is 2.26. The number of H-pyrrole nitrogens is 1. The summed E-state index contributed by atoms with van der Waals surface area (Å²) in [5.74, 6) is 0. The minimum atomic E-state index is 0.518. The molecule has 0 amide bonds. The van der Waals surface area contributed by atoms with Crippen LogP contribution in [0.1, 0.15) is 37.6 Å². The van der Waals surface area contributed by atoms with E-state index in [4.69, 9.17) is 0 Å². The summed E-state index contributed by atoms with van der Waals surface area (Å²) >= 11 is 0. The van der Waals surface area contributed by atoms with E-state index >= 15 is 0 Å². The van der Waals surface area contributed by atoms with Gasteiger partial charge in [0.2, 0.25) is 0 Å². The first-order valence-electron chi connectivity index (χ1n) is 4.73. The summed E-state index contributed by atoms with van der Waals surface area (Å²) in [5, 5.41) is 3.59. The van der Waals surface area contributed by atoms with Crippen LogP contribution in [0.2, 0.25) is 0 Å². The molecule has 2 rings (SSSR count). The van der Waals surface area contributed by atoms with Gasteiger partial charge in [0.05, 0.1) is 0 Å². The Labute approximate surface area is 73.4 Å². The molecule has 0 spiro atoms. The molecule has 0 aliphatic carbocycles. The van der Waals surface area contributed by atoms with E-state index in [1.54, 1.807) is 0 Å². The molecular formula is C10H16N2. The van der Waals surface area contributed by atoms with Gasteiger partial charge >= 0.3 is 0 Å². The molecule has 0 saturated heterocycles. The topological polar surface area (TPSA) is 27.8 Å². The number of rotatable bonds is 1. The summed E-state index contributed by atoms with van der Waals surface area (Å²) in [6.45, 7) is 4.47. The summed E-state index contributed by atoms with van der Waals surface area (Å²) in [6, 6.07) is 3.36. The summed E-state index contributed by atoms with van der Waals surface area (Å²) in [7, 11) is 0. The Morgan fingerprint density at radius 3 is 3.17 bits per heavy atom. The van der Waals surface area contributed by atoms with E-state index in [0.29, 0.717) is 12.1 Å². The summed E-state index contributed by atoms with van der Waals surface area (Å²) in [5.41, 5.74) is 2.87. The van der Waals surface area contributed by atoms with Crippen LogP contribution >= 0.6 is 0 Å². The minimum absolute atomic E-state index is 0.518. The molecule has 2 heteroatoms. The quantitative estimate of drug-likeness (QED) is 0.652. The SMILES string of the molecule is CCC1Cc2[nH]ccc2C(C)N1. The third kappa shape index (κ3) is 1.16. The zero-order chi connectivity index (χ0) is 8.55. The highest BCUT2D eigenvalue weighted by molar-refractivity contribution is 5.27. The van der Waals surface area contributed by atoms with Gasteiger partial charge in [-0.1, -0.05) is 6.92 Å². The third-order valence-electron chi connectivity index (χ3n) is 2.76. The fourth-order valence-electron chi connectivity index (χ4n) is 2.01. The molecule has 2 atom stereocenters. The van der Waals surface area contributed by atoms with Gasteiger partial charge in [-0.3, -0.25) is 0 Å². The molecule has 2 heterocycles. The van der Waals surface area contributed by atoms with Crippen LogP contribution in [0.15, 0.2) is 12.3 Å². The lowest BCUT2D eigenvalue weighted by molar-refractivity contribution is 0.409. The van der Waals surface area contributed by atoms with Crippen LogP contribution in [0.3, 0.4) is 0 Å². The molecule has 1 aromatic heterocycles. The van der Waals surface area contributed by atoms with Crippen LogP contribution in [0, 0.1) is 0 Å². The average Bonchev–Trinajstić information content (AvgIpc) is 2.52. The fourth-order valence-corrected chi connectivity index (χ4v) is 2.01. The first kappa shape index (κ1) is 7.87. The van der Waals surface area contributed by atoms with Crippen molar-refractivity contribution in [1.29, 1.82) is 0 Å². The fraction of sp³-hybridized carbons (Fsp3) is 0.600. The number of hydrogen-bond acceptors (Lipinski definition) is 1. The van der Waals surface area contributed by atoms with E-state index in [-0.39, 0.29) is 0 Å². The van der Waals surface area contributed by atoms with Gasteiger partial charge in [-0.25, -0.2) is 0 Å². The van der Waals surface area contributed by atoms with E-state index in [0.717, 1.165) is 6.42 Å². The zero-order valence-corrected chi connectivity index (χ0v) is 7.72. The molecule has 1 aliphatic heterocycles. The van der Waals surface area contributed by atoms with Crippen molar-refractivity contribution < 1.29 is 0 Å². The number of aromatic nitrogens is 1. The second-order valence-corrected chi connectivity index (χ2v) is 3.61. The van der Waals surface area contributed by atoms with E-state index in [2.05, 4.69) is 30.2 Å². The maximum absolute atomic E-state index is 3.59. The standard InChI is InChI=1S/C10H16N2/c1-3-8-6-10-9(4-5-11-10)7(2)12-8/h4-5,7-8,11-12H,3,6H2,1-2H3. The predicted octanol–water partition coefficient (Wildman–Crippen LogP) is 2.00. The van der Waals surface area contributed by atoms with Gasteiger partial charge in [0.1, 0.15) is 0 Å².